The Kier molecular flexibility index (Phi) is 10.5. The first-order valence-electron chi connectivity index (χ1n) is 28.5. The Morgan fingerprint density at radius 1 is 0.346 bits per heavy atom. The van der Waals surface area contributed by atoms with Crippen molar-refractivity contribution in [1.82, 2.24) is 4.57 Å². The minimum atomic E-state index is -0.603. The monoisotopic (exact) mass is 1030 g/mol. The van der Waals surface area contributed by atoms with Crippen molar-refractivity contribution in [2.45, 2.75) is 31.6 Å². The minimum Gasteiger partial charge on any atom is -0.311 e. The van der Waals surface area contributed by atoms with Gasteiger partial charge in [-0.05, 0) is 126 Å². The summed E-state index contributed by atoms with van der Waals surface area (Å²) in [6.45, 7) is 6.92. The standard InChI is InChI=1S/C77H56BN3/c1-76(2,3)55-48-71-74-72(49-55)81(66-41-23-18-35-58(66)52-28-10-5-11-29-52)70-50-56(79-67-42-24-19-36-59(67)60-37-20-25-43-68(60)79)44-46-64(70)78(74)75-69(80(71)65-40-22-17-34-57(65)51-26-8-4-9-27-51)47-45-63-73(75)61-38-16-21-39-62(61)77(63,53-30-12-6-13-31-53)54-32-14-7-15-33-54/h4-50H,1-3H3. The predicted octanol–water partition coefficient (Wildman–Crippen LogP) is 17.9. The third-order valence-corrected chi connectivity index (χ3v) is 17.8. The SMILES string of the molecule is CC(C)(C)c1cc2c3c(c1)N(c1ccccc1-c1ccccc1)c1ccc4c(c1B3c1ccc(-n3c5ccccc5c5ccccc53)cc1N2c1ccccc1-c1ccccc1)-c1ccccc1C4(c1ccccc1)c1ccccc1. The highest BCUT2D eigenvalue weighted by Crippen LogP contribution is 2.58. The van der Waals surface area contributed by atoms with E-state index in [9.17, 15) is 0 Å². The first-order chi connectivity index (χ1) is 39.9. The van der Waals surface area contributed by atoms with Gasteiger partial charge in [-0.15, -0.1) is 0 Å². The summed E-state index contributed by atoms with van der Waals surface area (Å²) < 4.78 is 2.48. The molecule has 3 nitrogen and oxygen atoms in total. The number of hydrogen-bond acceptors (Lipinski definition) is 2. The lowest BCUT2D eigenvalue weighted by Crippen LogP contribution is -2.62. The molecule has 0 bridgehead atoms. The summed E-state index contributed by atoms with van der Waals surface area (Å²) in [4.78, 5) is 5.29. The molecule has 0 atom stereocenters. The Morgan fingerprint density at radius 2 is 0.815 bits per heavy atom. The Hall–Kier alpha value is -9.90. The number of anilines is 6. The Bertz CT molecular complexity index is 4540. The smallest absolute Gasteiger partial charge is 0.252 e. The van der Waals surface area contributed by atoms with Crippen molar-refractivity contribution >= 4 is 79.0 Å². The van der Waals surface area contributed by atoms with Gasteiger partial charge in [0.15, 0.2) is 0 Å². The molecule has 3 aliphatic rings. The fourth-order valence-corrected chi connectivity index (χ4v) is 14.4. The quantitative estimate of drug-likeness (QED) is 0.147. The molecule has 0 fully saturated rings. The van der Waals surface area contributed by atoms with Crippen LogP contribution in [0.2, 0.25) is 0 Å². The van der Waals surface area contributed by atoms with Crippen molar-refractivity contribution in [3.63, 3.8) is 0 Å². The van der Waals surface area contributed by atoms with Crippen LogP contribution in [0.3, 0.4) is 0 Å². The summed E-state index contributed by atoms with van der Waals surface area (Å²) in [5, 5.41) is 2.49. The van der Waals surface area contributed by atoms with Crippen molar-refractivity contribution in [3.8, 4) is 39.1 Å². The third-order valence-electron chi connectivity index (χ3n) is 17.8. The first kappa shape index (κ1) is 47.1. The van der Waals surface area contributed by atoms with E-state index in [4.69, 9.17) is 0 Å². The molecular formula is C77H56BN3. The summed E-state index contributed by atoms with van der Waals surface area (Å²) in [5.74, 6) is 0. The molecule has 0 spiro atoms. The molecule has 16 rings (SSSR count). The molecule has 2 aliphatic heterocycles. The number of rotatable bonds is 7. The maximum absolute atomic E-state index is 2.65. The minimum absolute atomic E-state index is 0.188. The number of nitrogens with zero attached hydrogens (tertiary/aromatic N) is 3. The molecular weight excluding hydrogens is 978 g/mol. The molecule has 3 heterocycles. The second-order valence-corrected chi connectivity index (χ2v) is 23.1. The maximum atomic E-state index is 2.65. The van der Waals surface area contributed by atoms with Gasteiger partial charge >= 0.3 is 0 Å². The van der Waals surface area contributed by atoms with Gasteiger partial charge in [-0.2, -0.15) is 0 Å². The topological polar surface area (TPSA) is 11.4 Å². The third kappa shape index (κ3) is 6.90. The average Bonchev–Trinajstić information content (AvgIpc) is 3.92. The Balaban J connectivity index is 1.09. The zero-order valence-corrected chi connectivity index (χ0v) is 45.6. The molecule has 0 N–H and O–H groups in total. The fourth-order valence-electron chi connectivity index (χ4n) is 14.4. The van der Waals surface area contributed by atoms with E-state index in [1.165, 1.54) is 116 Å². The first-order valence-corrected chi connectivity index (χ1v) is 28.5. The van der Waals surface area contributed by atoms with Gasteiger partial charge in [-0.25, -0.2) is 0 Å². The summed E-state index contributed by atoms with van der Waals surface area (Å²) in [5.41, 5.74) is 27.2. The normalized spacial score (nSPS) is 13.6. The second-order valence-electron chi connectivity index (χ2n) is 23.1. The number of fused-ring (bicyclic) bond motifs is 11. The second kappa shape index (κ2) is 18.1. The lowest BCUT2D eigenvalue weighted by atomic mass is 9.32. The molecule has 1 aliphatic carbocycles. The van der Waals surface area contributed by atoms with Gasteiger partial charge < -0.3 is 14.4 Å². The predicted molar refractivity (Wildman–Crippen MR) is 342 cm³/mol. The van der Waals surface area contributed by atoms with Crippen LogP contribution in [0.25, 0.3) is 60.9 Å². The van der Waals surface area contributed by atoms with E-state index in [1.807, 2.05) is 0 Å². The zero-order chi connectivity index (χ0) is 54.0. The van der Waals surface area contributed by atoms with Crippen LogP contribution in [0, 0.1) is 0 Å². The number of para-hydroxylation sites is 4. The zero-order valence-electron chi connectivity index (χ0n) is 45.6. The van der Waals surface area contributed by atoms with Crippen molar-refractivity contribution in [2.75, 3.05) is 9.80 Å². The molecule has 12 aromatic carbocycles. The van der Waals surface area contributed by atoms with Crippen LogP contribution in [0.5, 0.6) is 0 Å². The lowest BCUT2D eigenvalue weighted by Gasteiger charge is -2.46. The van der Waals surface area contributed by atoms with E-state index in [2.05, 4.69) is 320 Å². The molecule has 0 saturated carbocycles. The summed E-state index contributed by atoms with van der Waals surface area (Å²) >= 11 is 0. The van der Waals surface area contributed by atoms with E-state index in [-0.39, 0.29) is 12.1 Å². The van der Waals surface area contributed by atoms with Crippen LogP contribution in [0.1, 0.15) is 48.6 Å². The van der Waals surface area contributed by atoms with Crippen LogP contribution >= 0.6 is 0 Å². The van der Waals surface area contributed by atoms with E-state index < -0.39 is 5.41 Å². The average molecular weight is 1030 g/mol. The van der Waals surface area contributed by atoms with E-state index >= 15 is 0 Å². The van der Waals surface area contributed by atoms with E-state index in [0.29, 0.717) is 0 Å². The summed E-state index contributed by atoms with van der Waals surface area (Å²) in [6.07, 6.45) is 0. The molecule has 0 saturated heterocycles. The van der Waals surface area contributed by atoms with Crippen LogP contribution in [-0.2, 0) is 10.8 Å². The Labute approximate surface area is 474 Å². The molecule has 4 heteroatoms. The lowest BCUT2D eigenvalue weighted by molar-refractivity contribution is 0.590. The highest BCUT2D eigenvalue weighted by atomic mass is 15.2. The fraction of sp³-hybridized carbons (Fsp3) is 0.0649. The maximum Gasteiger partial charge on any atom is 0.252 e. The van der Waals surface area contributed by atoms with Crippen LogP contribution < -0.4 is 26.2 Å². The van der Waals surface area contributed by atoms with Gasteiger partial charge in [0.1, 0.15) is 0 Å². The summed E-state index contributed by atoms with van der Waals surface area (Å²) in [7, 11) is 0. The molecule has 0 unspecified atom stereocenters. The highest BCUT2D eigenvalue weighted by molar-refractivity contribution is 7.01. The molecule has 13 aromatic rings. The number of benzene rings is 12. The van der Waals surface area contributed by atoms with Crippen molar-refractivity contribution in [2.24, 2.45) is 0 Å². The van der Waals surface area contributed by atoms with Crippen molar-refractivity contribution in [3.05, 3.63) is 313 Å². The van der Waals surface area contributed by atoms with E-state index in [1.54, 1.807) is 0 Å². The van der Waals surface area contributed by atoms with Gasteiger partial charge in [0, 0.05) is 50.3 Å². The highest BCUT2D eigenvalue weighted by Gasteiger charge is 2.52. The van der Waals surface area contributed by atoms with Gasteiger partial charge in [-0.3, -0.25) is 0 Å². The van der Waals surface area contributed by atoms with Gasteiger partial charge in [0.25, 0.3) is 6.71 Å². The number of aromatic nitrogens is 1. The largest absolute Gasteiger partial charge is 0.311 e. The molecule has 1 aromatic heterocycles. The van der Waals surface area contributed by atoms with Gasteiger partial charge in [0.05, 0.1) is 27.8 Å². The molecule has 0 amide bonds. The van der Waals surface area contributed by atoms with Crippen molar-refractivity contribution in [1.29, 1.82) is 0 Å². The van der Waals surface area contributed by atoms with Crippen LogP contribution in [0.4, 0.5) is 34.1 Å². The van der Waals surface area contributed by atoms with Crippen LogP contribution in [0.15, 0.2) is 285 Å². The van der Waals surface area contributed by atoms with E-state index in [0.717, 1.165) is 22.7 Å². The van der Waals surface area contributed by atoms with Crippen molar-refractivity contribution < 1.29 is 0 Å². The van der Waals surface area contributed by atoms with Gasteiger partial charge in [0.2, 0.25) is 0 Å². The Morgan fingerprint density at radius 3 is 1.37 bits per heavy atom. The molecule has 81 heavy (non-hydrogen) atoms. The van der Waals surface area contributed by atoms with Crippen LogP contribution in [-0.4, -0.2) is 11.3 Å². The molecule has 382 valence electrons. The number of hydrogen-bond donors (Lipinski definition) is 0. The summed E-state index contributed by atoms with van der Waals surface area (Å²) in [6, 6.07) is 107. The molecule has 0 radical (unpaired) electrons. The van der Waals surface area contributed by atoms with Gasteiger partial charge in [-0.1, -0.05) is 251 Å².